The summed E-state index contributed by atoms with van der Waals surface area (Å²) in [7, 11) is -3.99. The number of halogens is 3. The number of alkyl halides is 3. The van der Waals surface area contributed by atoms with Crippen LogP contribution in [-0.2, 0) is 10.0 Å². The fraction of sp³-hybridized carbons (Fsp3) is 0.188. The van der Waals surface area contributed by atoms with Gasteiger partial charge in [-0.3, -0.25) is 4.72 Å². The Morgan fingerprint density at radius 3 is 2.56 bits per heavy atom. The Morgan fingerprint density at radius 2 is 1.93 bits per heavy atom. The maximum atomic E-state index is 12.7. The summed E-state index contributed by atoms with van der Waals surface area (Å²) in [4.78, 5) is 5.64. The fourth-order valence-corrected chi connectivity index (χ4v) is 5.59. The van der Waals surface area contributed by atoms with Crippen LogP contribution in [0.4, 0.5) is 18.9 Å². The van der Waals surface area contributed by atoms with E-state index in [4.69, 9.17) is 0 Å². The van der Waals surface area contributed by atoms with Gasteiger partial charge in [-0.25, -0.2) is 13.4 Å². The van der Waals surface area contributed by atoms with E-state index in [0.717, 1.165) is 17.1 Å². The van der Waals surface area contributed by atoms with E-state index in [1.807, 2.05) is 12.3 Å². The zero-order valence-electron chi connectivity index (χ0n) is 14.0. The summed E-state index contributed by atoms with van der Waals surface area (Å²) >= 11 is 2.74. The lowest BCUT2D eigenvalue weighted by Gasteiger charge is -2.11. The molecule has 2 heterocycles. The lowest BCUT2D eigenvalue weighted by atomic mass is 10.3. The van der Waals surface area contributed by atoms with E-state index >= 15 is 0 Å². The molecule has 3 aromatic rings. The predicted octanol–water partition coefficient (Wildman–Crippen LogP) is 5.19. The average molecular weight is 434 g/mol. The number of hydrogen-bond donors (Lipinski definition) is 1. The predicted molar refractivity (Wildman–Crippen MR) is 98.8 cm³/mol. The summed E-state index contributed by atoms with van der Waals surface area (Å²) in [5.41, 5.74) is 0.654. The van der Waals surface area contributed by atoms with Gasteiger partial charge in [-0.2, -0.15) is 0 Å². The lowest BCUT2D eigenvalue weighted by Crippen LogP contribution is -2.17. The first kappa shape index (κ1) is 19.6. The second kappa shape index (κ2) is 7.13. The largest absolute Gasteiger partial charge is 0.573 e. The van der Waals surface area contributed by atoms with Crippen LogP contribution in [0.5, 0.6) is 5.75 Å². The molecule has 0 fully saturated rings. The van der Waals surface area contributed by atoms with Gasteiger partial charge in [-0.1, -0.05) is 6.07 Å². The molecule has 11 heteroatoms. The van der Waals surface area contributed by atoms with Crippen LogP contribution in [0.1, 0.15) is 9.88 Å². The van der Waals surface area contributed by atoms with Crippen molar-refractivity contribution in [2.75, 3.05) is 4.72 Å². The van der Waals surface area contributed by atoms with Crippen molar-refractivity contribution in [3.8, 4) is 16.3 Å². The van der Waals surface area contributed by atoms with Gasteiger partial charge in [-0.05, 0) is 32.0 Å². The summed E-state index contributed by atoms with van der Waals surface area (Å²) in [5, 5.41) is 2.70. The van der Waals surface area contributed by atoms with Crippen molar-refractivity contribution < 1.29 is 26.3 Å². The maximum absolute atomic E-state index is 12.7. The molecule has 1 N–H and O–H groups in total. The second-order valence-corrected chi connectivity index (χ2v) is 9.43. The van der Waals surface area contributed by atoms with Crippen LogP contribution < -0.4 is 9.46 Å². The molecule has 3 rings (SSSR count). The molecule has 0 amide bonds. The Bertz CT molecular complexity index is 1070. The summed E-state index contributed by atoms with van der Waals surface area (Å²) in [5.74, 6) is -0.511. The molecule has 0 aliphatic rings. The third kappa shape index (κ3) is 4.79. The summed E-state index contributed by atoms with van der Waals surface area (Å²) in [6.45, 7) is 3.51. The zero-order valence-corrected chi connectivity index (χ0v) is 16.4. The molecule has 0 radical (unpaired) electrons. The van der Waals surface area contributed by atoms with Gasteiger partial charge in [-0.15, -0.1) is 35.8 Å². The topological polar surface area (TPSA) is 68.3 Å². The van der Waals surface area contributed by atoms with Gasteiger partial charge in [0.2, 0.25) is 0 Å². The quantitative estimate of drug-likeness (QED) is 0.600. The third-order valence-corrected chi connectivity index (χ3v) is 6.84. The molecule has 0 bridgehead atoms. The van der Waals surface area contributed by atoms with Crippen LogP contribution in [-0.4, -0.2) is 19.8 Å². The molecule has 1 aromatic carbocycles. The number of thiophene rings is 1. The first-order chi connectivity index (χ1) is 12.5. The molecule has 0 saturated heterocycles. The highest BCUT2D eigenvalue weighted by molar-refractivity contribution is 7.93. The highest BCUT2D eigenvalue weighted by Crippen LogP contribution is 2.35. The normalized spacial score (nSPS) is 12.2. The van der Waals surface area contributed by atoms with Crippen molar-refractivity contribution in [3.63, 3.8) is 0 Å². The summed E-state index contributed by atoms with van der Waals surface area (Å²) in [6.07, 6.45) is -4.86. The number of hydrogen-bond acceptors (Lipinski definition) is 6. The van der Waals surface area contributed by atoms with E-state index in [1.54, 1.807) is 6.92 Å². The van der Waals surface area contributed by atoms with E-state index in [1.165, 1.54) is 40.9 Å². The SMILES string of the molecule is Cc1nc(-c2cc(S(=O)(=O)Nc3cccc(OC(F)(F)F)c3)c(C)s2)cs1. The van der Waals surface area contributed by atoms with E-state index in [9.17, 15) is 21.6 Å². The van der Waals surface area contributed by atoms with E-state index in [0.29, 0.717) is 15.4 Å². The van der Waals surface area contributed by atoms with Gasteiger partial charge >= 0.3 is 6.36 Å². The Balaban J connectivity index is 1.87. The molecule has 0 unspecified atom stereocenters. The average Bonchev–Trinajstić information content (AvgIpc) is 3.11. The lowest BCUT2D eigenvalue weighted by molar-refractivity contribution is -0.274. The van der Waals surface area contributed by atoms with E-state index in [-0.39, 0.29) is 10.6 Å². The van der Waals surface area contributed by atoms with Crippen LogP contribution >= 0.6 is 22.7 Å². The fourth-order valence-electron chi connectivity index (χ4n) is 2.30. The molecule has 0 aliphatic heterocycles. The minimum atomic E-state index is -4.86. The second-order valence-electron chi connectivity index (χ2n) is 5.46. The molecule has 0 spiro atoms. The highest BCUT2D eigenvalue weighted by atomic mass is 32.2. The van der Waals surface area contributed by atoms with Crippen molar-refractivity contribution in [1.82, 2.24) is 4.98 Å². The number of thiazole rings is 1. The zero-order chi connectivity index (χ0) is 19.8. The number of ether oxygens (including phenoxy) is 1. The molecule has 0 atom stereocenters. The standard InChI is InChI=1S/C16H13F3N2O3S3/c1-9-15(7-14(26-9)13-8-25-10(2)20-13)27(22,23)21-11-4-3-5-12(6-11)24-16(17,18)19/h3-8,21H,1-2H3. The van der Waals surface area contributed by atoms with Crippen molar-refractivity contribution >= 4 is 38.4 Å². The van der Waals surface area contributed by atoms with Crippen LogP contribution in [0.25, 0.3) is 10.6 Å². The number of benzene rings is 1. The van der Waals surface area contributed by atoms with Gasteiger partial charge in [0.15, 0.2) is 0 Å². The first-order valence-corrected chi connectivity index (χ1v) is 10.6. The van der Waals surface area contributed by atoms with Crippen molar-refractivity contribution in [2.45, 2.75) is 25.1 Å². The van der Waals surface area contributed by atoms with E-state index < -0.39 is 22.1 Å². The summed E-state index contributed by atoms with van der Waals surface area (Å²) in [6, 6.07) is 6.17. The molecule has 0 aliphatic carbocycles. The van der Waals surface area contributed by atoms with Crippen molar-refractivity contribution in [3.05, 3.63) is 45.6 Å². The minimum Gasteiger partial charge on any atom is -0.406 e. The van der Waals surface area contributed by atoms with E-state index in [2.05, 4.69) is 14.4 Å². The molecule has 5 nitrogen and oxygen atoms in total. The van der Waals surface area contributed by atoms with Crippen LogP contribution in [0.15, 0.2) is 40.6 Å². The molecule has 0 saturated carbocycles. The van der Waals surface area contributed by atoms with Gasteiger partial charge in [0.05, 0.1) is 21.3 Å². The van der Waals surface area contributed by atoms with Crippen molar-refractivity contribution in [1.29, 1.82) is 0 Å². The van der Waals surface area contributed by atoms with Gasteiger partial charge in [0.25, 0.3) is 10.0 Å². The van der Waals surface area contributed by atoms with Crippen LogP contribution in [0.3, 0.4) is 0 Å². The number of aryl methyl sites for hydroxylation is 2. The maximum Gasteiger partial charge on any atom is 0.573 e. The molecular weight excluding hydrogens is 421 g/mol. The monoisotopic (exact) mass is 434 g/mol. The number of nitrogens with zero attached hydrogens (tertiary/aromatic N) is 1. The highest BCUT2D eigenvalue weighted by Gasteiger charge is 2.31. The Morgan fingerprint density at radius 1 is 1.19 bits per heavy atom. The van der Waals surface area contributed by atoms with Gasteiger partial charge in [0.1, 0.15) is 10.6 Å². The number of sulfonamides is 1. The molecule has 144 valence electrons. The van der Waals surface area contributed by atoms with Gasteiger partial charge in [0, 0.05) is 16.3 Å². The smallest absolute Gasteiger partial charge is 0.406 e. The Kier molecular flexibility index (Phi) is 5.19. The number of nitrogens with one attached hydrogen (secondary N) is 1. The molecule has 27 heavy (non-hydrogen) atoms. The van der Waals surface area contributed by atoms with Crippen molar-refractivity contribution in [2.24, 2.45) is 0 Å². The molecular formula is C16H13F3N2O3S3. The number of aromatic nitrogens is 1. The third-order valence-electron chi connectivity index (χ3n) is 3.35. The first-order valence-electron chi connectivity index (χ1n) is 7.45. The summed E-state index contributed by atoms with van der Waals surface area (Å²) < 4.78 is 68.5. The van der Waals surface area contributed by atoms with Gasteiger partial charge < -0.3 is 4.74 Å². The number of rotatable bonds is 5. The molecule has 2 aromatic heterocycles. The Labute approximate surface area is 161 Å². The van der Waals surface area contributed by atoms with Crippen LogP contribution in [0.2, 0.25) is 0 Å². The minimum absolute atomic E-state index is 0.0339. The number of anilines is 1. The van der Waals surface area contributed by atoms with Crippen LogP contribution in [0, 0.1) is 13.8 Å². The Hall–Kier alpha value is -2.11.